The molecule has 0 aliphatic heterocycles. The van der Waals surface area contributed by atoms with Crippen LogP contribution in [-0.4, -0.2) is 27.2 Å². The topological polar surface area (TPSA) is 87.0 Å². The number of hydrogen-bond acceptors (Lipinski definition) is 4. The Labute approximate surface area is 58.8 Å². The van der Waals surface area contributed by atoms with Gasteiger partial charge in [-0.2, -0.15) is 0 Å². The van der Waals surface area contributed by atoms with Crippen LogP contribution in [-0.2, 0) is 4.52 Å². The summed E-state index contributed by atoms with van der Waals surface area (Å²) in [6.45, 7) is 1.80. The van der Waals surface area contributed by atoms with Crippen LogP contribution in [0.25, 0.3) is 0 Å². The van der Waals surface area contributed by atoms with Crippen molar-refractivity contribution in [3.63, 3.8) is 0 Å². The quantitative estimate of drug-likeness (QED) is 0.537. The van der Waals surface area contributed by atoms with E-state index in [-0.39, 0.29) is 6.61 Å². The normalized spacial score (nSPS) is 13.1. The third-order valence-corrected chi connectivity index (χ3v) is 1.95. The van der Waals surface area contributed by atoms with Crippen molar-refractivity contribution >= 4 is 13.7 Å². The Kier molecular flexibility index (Phi) is 3.75. The van der Waals surface area contributed by atoms with E-state index < -0.39 is 13.7 Å². The van der Waals surface area contributed by atoms with Crippen molar-refractivity contribution in [1.82, 2.24) is 0 Å². The fourth-order valence-corrected chi connectivity index (χ4v) is 0.918. The first-order valence-corrected chi connectivity index (χ1v) is 4.63. The van der Waals surface area contributed by atoms with Gasteiger partial charge in [-0.3, -0.25) is 0 Å². The molecule has 0 unspecified atom stereocenters. The summed E-state index contributed by atoms with van der Waals surface area (Å²) in [5.41, 5.74) is -1.67. The third-order valence-electron chi connectivity index (χ3n) is 0.786. The summed E-state index contributed by atoms with van der Waals surface area (Å²) in [5.74, 6) is 0. The van der Waals surface area contributed by atoms with Crippen molar-refractivity contribution in [2.45, 2.75) is 13.3 Å². The first-order valence-electron chi connectivity index (χ1n) is 2.82. The van der Waals surface area contributed by atoms with E-state index in [0.29, 0.717) is 6.42 Å². The van der Waals surface area contributed by atoms with Crippen LogP contribution in [0.3, 0.4) is 0 Å². The second-order valence-electron chi connectivity index (χ2n) is 1.76. The summed E-state index contributed by atoms with van der Waals surface area (Å²) in [6, 6.07) is 0. The van der Waals surface area contributed by atoms with Crippen molar-refractivity contribution in [1.29, 1.82) is 0 Å². The van der Waals surface area contributed by atoms with E-state index in [1.165, 1.54) is 0 Å². The molecule has 0 amide bonds. The van der Waals surface area contributed by atoms with Crippen molar-refractivity contribution in [2.24, 2.45) is 0 Å². The molecule has 0 aromatic carbocycles. The van der Waals surface area contributed by atoms with E-state index in [0.717, 1.165) is 0 Å². The molecule has 0 fully saturated rings. The molecular weight excluding hydrogens is 159 g/mol. The molecule has 0 spiro atoms. The predicted molar refractivity (Wildman–Crippen MR) is 37.0 cm³/mol. The van der Waals surface area contributed by atoms with Gasteiger partial charge in [0.05, 0.1) is 0 Å². The molecule has 62 valence electrons. The average molecular weight is 170 g/mol. The summed E-state index contributed by atoms with van der Waals surface area (Å²) < 4.78 is 4.29. The van der Waals surface area contributed by atoms with Gasteiger partial charge in [0.1, 0.15) is 0 Å². The molecule has 0 saturated carbocycles. The van der Waals surface area contributed by atoms with E-state index in [4.69, 9.17) is 14.9 Å². The van der Waals surface area contributed by atoms with Gasteiger partial charge in [0.2, 0.25) is 0 Å². The molecule has 0 bridgehead atoms. The molecule has 0 aromatic heterocycles. The van der Waals surface area contributed by atoms with Crippen LogP contribution in [0.15, 0.2) is 0 Å². The van der Waals surface area contributed by atoms with Crippen LogP contribution in [0.2, 0.25) is 0 Å². The number of carboxylic acid groups (broad SMARTS) is 1. The third kappa shape index (κ3) is 3.08. The monoisotopic (exact) mass is 170 g/mol. The van der Waals surface area contributed by atoms with Gasteiger partial charge in [0.25, 0.3) is 0 Å². The van der Waals surface area contributed by atoms with E-state index in [9.17, 15) is 4.79 Å². The van der Waals surface area contributed by atoms with Gasteiger partial charge < -0.3 is 0 Å². The van der Waals surface area contributed by atoms with Crippen LogP contribution in [0.1, 0.15) is 13.3 Å². The molecule has 0 rings (SSSR count). The zero-order chi connectivity index (χ0) is 8.20. The first-order chi connectivity index (χ1) is 4.50. The summed E-state index contributed by atoms with van der Waals surface area (Å²) in [4.78, 5) is 27.2. The van der Waals surface area contributed by atoms with Crippen LogP contribution in [0.5, 0.6) is 0 Å². The Morgan fingerprint density at radius 3 is 2.40 bits per heavy atom. The van der Waals surface area contributed by atoms with Crippen LogP contribution < -0.4 is 0 Å². The SMILES string of the molecule is CCCO[PH](O)(O)C(=O)O. The average Bonchev–Trinajstić information content (AvgIpc) is 1.84. The molecule has 0 aromatic rings. The summed E-state index contributed by atoms with van der Waals surface area (Å²) in [5, 5.41) is 8.10. The van der Waals surface area contributed by atoms with Gasteiger partial charge in [-0.05, 0) is 0 Å². The molecule has 3 N–H and O–H groups in total. The molecule has 0 radical (unpaired) electrons. The fourth-order valence-electron chi connectivity index (χ4n) is 0.306. The number of carbonyl (C=O) groups is 1. The van der Waals surface area contributed by atoms with E-state index >= 15 is 0 Å². The molecule has 0 atom stereocenters. The minimum absolute atomic E-state index is 0.0610. The van der Waals surface area contributed by atoms with E-state index in [1.807, 2.05) is 0 Å². The molecule has 5 nitrogen and oxygen atoms in total. The second kappa shape index (κ2) is 3.83. The van der Waals surface area contributed by atoms with Crippen LogP contribution in [0, 0.1) is 0 Å². The van der Waals surface area contributed by atoms with Crippen molar-refractivity contribution in [3.8, 4) is 0 Å². The van der Waals surface area contributed by atoms with Gasteiger partial charge in [0.15, 0.2) is 0 Å². The molecule has 6 heteroatoms. The Morgan fingerprint density at radius 1 is 1.60 bits per heavy atom. The van der Waals surface area contributed by atoms with Crippen molar-refractivity contribution < 1.29 is 24.2 Å². The molecule has 0 saturated heterocycles. The van der Waals surface area contributed by atoms with Crippen LogP contribution in [0.4, 0.5) is 4.79 Å². The predicted octanol–water partition coefficient (Wildman–Crippen LogP) is 0.571. The van der Waals surface area contributed by atoms with Gasteiger partial charge in [-0.25, -0.2) is 0 Å². The fraction of sp³-hybridized carbons (Fsp3) is 0.750. The molecule has 0 aliphatic carbocycles. The Bertz CT molecular complexity index is 123. The van der Waals surface area contributed by atoms with E-state index in [1.54, 1.807) is 6.92 Å². The Balaban J connectivity index is 3.75. The van der Waals surface area contributed by atoms with Gasteiger partial charge in [-0.15, -0.1) is 0 Å². The number of rotatable bonds is 4. The van der Waals surface area contributed by atoms with Crippen LogP contribution >= 0.6 is 7.94 Å². The first kappa shape index (κ1) is 9.78. The van der Waals surface area contributed by atoms with Gasteiger partial charge >= 0.3 is 57.8 Å². The van der Waals surface area contributed by atoms with Gasteiger partial charge in [0, 0.05) is 0 Å². The second-order valence-corrected chi connectivity index (χ2v) is 3.69. The Hall–Kier alpha value is -0.220. The van der Waals surface area contributed by atoms with E-state index in [2.05, 4.69) is 4.52 Å². The summed E-state index contributed by atoms with van der Waals surface area (Å²) in [6.07, 6.45) is 0.559. The maximum atomic E-state index is 9.96. The van der Waals surface area contributed by atoms with Crippen molar-refractivity contribution in [3.05, 3.63) is 0 Å². The molecule has 0 aliphatic rings. The maximum absolute atomic E-state index is 9.96. The van der Waals surface area contributed by atoms with Crippen molar-refractivity contribution in [2.75, 3.05) is 6.61 Å². The Morgan fingerprint density at radius 2 is 2.10 bits per heavy atom. The summed E-state index contributed by atoms with van der Waals surface area (Å²) >= 11 is 0. The van der Waals surface area contributed by atoms with Gasteiger partial charge in [-0.1, -0.05) is 0 Å². The minimum atomic E-state index is -4.38. The zero-order valence-corrected chi connectivity index (χ0v) is 6.57. The molecular formula is C4H11O5P. The zero-order valence-electron chi connectivity index (χ0n) is 5.57. The molecule has 0 heterocycles. The molecule has 10 heavy (non-hydrogen) atoms. The summed E-state index contributed by atoms with van der Waals surface area (Å²) in [7, 11) is -4.38. The standard InChI is InChI=1S/C4H11O5P/c1-2-3-9-10(7,8)4(5)6/h7-8,10H,2-3H2,1H3,(H,5,6). The number of hydrogen-bond donors (Lipinski definition) is 3.